The van der Waals surface area contributed by atoms with Gasteiger partial charge in [-0.3, -0.25) is 9.59 Å². The fraction of sp³-hybridized carbons (Fsp3) is 0.200. The molecule has 1 heterocycles. The van der Waals surface area contributed by atoms with Gasteiger partial charge in [-0.2, -0.15) is 8.78 Å². The molecule has 2 rings (SSSR count). The first kappa shape index (κ1) is 17.7. The Bertz CT molecular complexity index is 749. The Morgan fingerprint density at radius 1 is 1.29 bits per heavy atom. The van der Waals surface area contributed by atoms with Crippen molar-refractivity contribution in [1.82, 2.24) is 5.32 Å². The summed E-state index contributed by atoms with van der Waals surface area (Å²) in [6.07, 6.45) is 0. The molecular weight excluding hydrogens is 342 g/mol. The lowest BCUT2D eigenvalue weighted by Crippen LogP contribution is -2.22. The molecule has 0 unspecified atom stereocenters. The number of thiophene rings is 1. The lowest BCUT2D eigenvalue weighted by Gasteiger charge is -2.12. The highest BCUT2D eigenvalue weighted by atomic mass is 32.1. The molecule has 9 heteroatoms. The van der Waals surface area contributed by atoms with Crippen LogP contribution in [-0.4, -0.2) is 25.5 Å². The summed E-state index contributed by atoms with van der Waals surface area (Å²) in [5.41, 5.74) is 5.92. The molecule has 0 saturated carbocycles. The summed E-state index contributed by atoms with van der Waals surface area (Å²) < 4.78 is 34.1. The van der Waals surface area contributed by atoms with Crippen LogP contribution in [0.15, 0.2) is 29.6 Å². The highest BCUT2D eigenvalue weighted by Crippen LogP contribution is 2.29. The van der Waals surface area contributed by atoms with E-state index in [9.17, 15) is 18.4 Å². The Labute approximate surface area is 140 Å². The molecule has 1 aromatic carbocycles. The number of amides is 2. The number of nitrogens with one attached hydrogen (secondary N) is 1. The van der Waals surface area contributed by atoms with Crippen molar-refractivity contribution < 1.29 is 27.8 Å². The number of carbonyl (C=O) groups is 2. The van der Waals surface area contributed by atoms with E-state index in [1.807, 2.05) is 0 Å². The van der Waals surface area contributed by atoms with Crippen molar-refractivity contribution in [2.75, 3.05) is 7.11 Å². The molecule has 6 nitrogen and oxygen atoms in total. The third-order valence-corrected chi connectivity index (χ3v) is 3.93. The highest BCUT2D eigenvalue weighted by molar-refractivity contribution is 7.12. The first-order valence-corrected chi connectivity index (χ1v) is 7.57. The second-order valence-electron chi connectivity index (χ2n) is 4.61. The van der Waals surface area contributed by atoms with Gasteiger partial charge in [0.05, 0.1) is 17.6 Å². The van der Waals surface area contributed by atoms with Gasteiger partial charge in [-0.25, -0.2) is 0 Å². The number of halogens is 2. The van der Waals surface area contributed by atoms with E-state index in [4.69, 9.17) is 10.5 Å². The molecule has 2 amide bonds. The van der Waals surface area contributed by atoms with Gasteiger partial charge in [0.2, 0.25) is 5.91 Å². The van der Waals surface area contributed by atoms with E-state index in [-0.39, 0.29) is 23.6 Å². The number of alkyl halides is 2. The molecule has 24 heavy (non-hydrogen) atoms. The molecule has 1 aromatic heterocycles. The lowest BCUT2D eigenvalue weighted by atomic mass is 10.2. The summed E-state index contributed by atoms with van der Waals surface area (Å²) in [7, 11) is 1.34. The third-order valence-electron chi connectivity index (χ3n) is 3.00. The number of ether oxygens (including phenoxy) is 2. The number of methoxy groups -OCH3 is 1. The molecule has 0 atom stereocenters. The normalized spacial score (nSPS) is 10.5. The Balaban J connectivity index is 2.05. The van der Waals surface area contributed by atoms with Gasteiger partial charge in [-0.05, 0) is 23.8 Å². The monoisotopic (exact) mass is 356 g/mol. The van der Waals surface area contributed by atoms with E-state index >= 15 is 0 Å². The van der Waals surface area contributed by atoms with E-state index < -0.39 is 18.4 Å². The molecule has 0 aliphatic heterocycles. The van der Waals surface area contributed by atoms with Crippen LogP contribution in [-0.2, 0) is 6.54 Å². The predicted octanol–water partition coefficient (Wildman–Crippen LogP) is 2.39. The molecule has 128 valence electrons. The summed E-state index contributed by atoms with van der Waals surface area (Å²) in [6.45, 7) is -2.89. The molecule has 0 aliphatic carbocycles. The largest absolute Gasteiger partial charge is 0.493 e. The van der Waals surface area contributed by atoms with Gasteiger partial charge in [0.25, 0.3) is 5.91 Å². The van der Waals surface area contributed by atoms with Crippen LogP contribution in [0.5, 0.6) is 11.5 Å². The van der Waals surface area contributed by atoms with Gasteiger partial charge in [0.1, 0.15) is 0 Å². The molecule has 2 aromatic rings. The first-order chi connectivity index (χ1) is 11.4. The topological polar surface area (TPSA) is 90.6 Å². The maximum Gasteiger partial charge on any atom is 0.387 e. The number of hydrogen-bond donors (Lipinski definition) is 2. The summed E-state index contributed by atoms with van der Waals surface area (Å²) in [5.74, 6) is -0.977. The lowest BCUT2D eigenvalue weighted by molar-refractivity contribution is -0.0512. The minimum atomic E-state index is -2.98. The van der Waals surface area contributed by atoms with Crippen molar-refractivity contribution in [1.29, 1.82) is 0 Å². The summed E-state index contributed by atoms with van der Waals surface area (Å²) in [5, 5.41) is 4.11. The number of nitrogens with two attached hydrogens (primary N) is 1. The van der Waals surface area contributed by atoms with Crippen LogP contribution in [0.2, 0.25) is 0 Å². The Kier molecular flexibility index (Phi) is 5.69. The second kappa shape index (κ2) is 7.73. The van der Waals surface area contributed by atoms with Gasteiger partial charge in [0.15, 0.2) is 11.5 Å². The highest BCUT2D eigenvalue weighted by Gasteiger charge is 2.14. The van der Waals surface area contributed by atoms with Crippen LogP contribution >= 0.6 is 11.3 Å². The van der Waals surface area contributed by atoms with Crippen molar-refractivity contribution >= 4 is 23.2 Å². The zero-order valence-electron chi connectivity index (χ0n) is 12.5. The zero-order valence-corrected chi connectivity index (χ0v) is 13.4. The van der Waals surface area contributed by atoms with E-state index in [0.717, 1.165) is 11.3 Å². The third kappa shape index (κ3) is 4.42. The Hall–Kier alpha value is -2.68. The van der Waals surface area contributed by atoms with Crippen molar-refractivity contribution in [3.8, 4) is 11.5 Å². The number of primary amides is 1. The maximum atomic E-state index is 12.4. The minimum Gasteiger partial charge on any atom is -0.493 e. The van der Waals surface area contributed by atoms with Crippen molar-refractivity contribution in [2.24, 2.45) is 5.73 Å². The smallest absolute Gasteiger partial charge is 0.387 e. The number of carbonyl (C=O) groups excluding carboxylic acids is 2. The van der Waals surface area contributed by atoms with Gasteiger partial charge in [0, 0.05) is 11.9 Å². The molecule has 0 saturated heterocycles. The molecule has 3 N–H and O–H groups in total. The molecule has 0 spiro atoms. The van der Waals surface area contributed by atoms with E-state index in [0.29, 0.717) is 10.4 Å². The maximum absolute atomic E-state index is 12.4. The van der Waals surface area contributed by atoms with Crippen molar-refractivity contribution in [3.63, 3.8) is 0 Å². The predicted molar refractivity (Wildman–Crippen MR) is 83.6 cm³/mol. The standard InChI is InChI=1S/C15H14F2N2O4S/c1-22-10-3-2-8(4-11(10)23-15(16)17)6-19-14(21)12-5-9(7-24-12)13(18)20/h2-5,7,15H,6H2,1H3,(H2,18,20)(H,19,21). The summed E-state index contributed by atoms with van der Waals surface area (Å²) >= 11 is 1.08. The Morgan fingerprint density at radius 2 is 2.04 bits per heavy atom. The minimum absolute atomic E-state index is 0.0895. The summed E-state index contributed by atoms with van der Waals surface area (Å²) in [6, 6.07) is 5.83. The molecule has 0 aliphatic rings. The van der Waals surface area contributed by atoms with Crippen LogP contribution in [0.1, 0.15) is 25.6 Å². The number of hydrogen-bond acceptors (Lipinski definition) is 5. The van der Waals surface area contributed by atoms with Gasteiger partial charge >= 0.3 is 6.61 Å². The van der Waals surface area contributed by atoms with Crippen LogP contribution in [0.4, 0.5) is 8.78 Å². The van der Waals surface area contributed by atoms with E-state index in [1.165, 1.54) is 30.7 Å². The number of rotatable bonds is 7. The van der Waals surface area contributed by atoms with Crippen LogP contribution in [0, 0.1) is 0 Å². The summed E-state index contributed by atoms with van der Waals surface area (Å²) in [4.78, 5) is 23.3. The average molecular weight is 356 g/mol. The van der Waals surface area contributed by atoms with Crippen molar-refractivity contribution in [2.45, 2.75) is 13.2 Å². The van der Waals surface area contributed by atoms with Gasteiger partial charge in [-0.1, -0.05) is 6.07 Å². The van der Waals surface area contributed by atoms with Gasteiger partial charge in [-0.15, -0.1) is 11.3 Å². The van der Waals surface area contributed by atoms with Crippen LogP contribution < -0.4 is 20.5 Å². The Morgan fingerprint density at radius 3 is 2.62 bits per heavy atom. The average Bonchev–Trinajstić information content (AvgIpc) is 3.02. The fourth-order valence-electron chi connectivity index (χ4n) is 1.87. The van der Waals surface area contributed by atoms with Crippen molar-refractivity contribution in [3.05, 3.63) is 45.6 Å². The van der Waals surface area contributed by atoms with Gasteiger partial charge < -0.3 is 20.5 Å². The number of benzene rings is 1. The van der Waals surface area contributed by atoms with E-state index in [2.05, 4.69) is 10.1 Å². The molecular formula is C15H14F2N2O4S. The van der Waals surface area contributed by atoms with Crippen LogP contribution in [0.3, 0.4) is 0 Å². The molecule has 0 radical (unpaired) electrons. The molecule has 0 fully saturated rings. The fourth-order valence-corrected chi connectivity index (χ4v) is 2.69. The molecule has 0 bridgehead atoms. The first-order valence-electron chi connectivity index (χ1n) is 6.69. The van der Waals surface area contributed by atoms with Crippen LogP contribution in [0.25, 0.3) is 0 Å². The van der Waals surface area contributed by atoms with E-state index in [1.54, 1.807) is 6.07 Å². The second-order valence-corrected chi connectivity index (χ2v) is 5.52. The SMILES string of the molecule is COc1ccc(CNC(=O)c2cc(C(N)=O)cs2)cc1OC(F)F. The zero-order chi connectivity index (χ0) is 17.7. The quantitative estimate of drug-likeness (QED) is 0.797.